The van der Waals surface area contributed by atoms with Crippen molar-refractivity contribution >= 4 is 11.7 Å². The van der Waals surface area contributed by atoms with E-state index in [-0.39, 0.29) is 17.5 Å². The summed E-state index contributed by atoms with van der Waals surface area (Å²) in [5.41, 5.74) is 0.147. The van der Waals surface area contributed by atoms with E-state index in [1.165, 1.54) is 6.07 Å². The molecule has 0 bridgehead atoms. The average molecular weight is 235 g/mol. The fraction of sp³-hybridized carbons (Fsp3) is 0.500. The normalized spacial score (nSPS) is 22.0. The van der Waals surface area contributed by atoms with E-state index in [0.717, 1.165) is 13.0 Å². The molecule has 0 aliphatic heterocycles. The number of urea groups is 1. The van der Waals surface area contributed by atoms with E-state index in [2.05, 4.69) is 17.6 Å². The minimum atomic E-state index is -0.301. The number of amides is 2. The van der Waals surface area contributed by atoms with Crippen LogP contribution in [-0.2, 0) is 6.54 Å². The highest BCUT2D eigenvalue weighted by Crippen LogP contribution is 2.28. The lowest BCUT2D eigenvalue weighted by Gasteiger charge is -2.08. The molecule has 92 valence electrons. The Labute approximate surface area is 99.8 Å². The van der Waals surface area contributed by atoms with Crippen LogP contribution in [-0.4, -0.2) is 16.6 Å². The highest BCUT2D eigenvalue weighted by molar-refractivity contribution is 5.89. The molecule has 1 aliphatic carbocycles. The molecule has 1 aliphatic rings. The summed E-state index contributed by atoms with van der Waals surface area (Å²) in [6, 6.07) is 1.41. The fourth-order valence-electron chi connectivity index (χ4n) is 1.67. The average Bonchev–Trinajstić information content (AvgIpc) is 2.97. The third-order valence-corrected chi connectivity index (χ3v) is 3.02. The molecule has 2 unspecified atom stereocenters. The first kappa shape index (κ1) is 11.7. The molecule has 5 nitrogen and oxygen atoms in total. The van der Waals surface area contributed by atoms with E-state index in [0.29, 0.717) is 11.6 Å². The van der Waals surface area contributed by atoms with Crippen LogP contribution in [0.1, 0.15) is 20.3 Å². The second kappa shape index (κ2) is 4.61. The van der Waals surface area contributed by atoms with Gasteiger partial charge in [0.05, 0.1) is 0 Å². The zero-order chi connectivity index (χ0) is 12.4. The lowest BCUT2D eigenvalue weighted by Crippen LogP contribution is -2.33. The second-order valence-corrected chi connectivity index (χ2v) is 4.47. The van der Waals surface area contributed by atoms with Gasteiger partial charge in [-0.25, -0.2) is 4.79 Å². The van der Waals surface area contributed by atoms with Crippen molar-refractivity contribution in [1.29, 1.82) is 0 Å². The molecule has 17 heavy (non-hydrogen) atoms. The molecular weight excluding hydrogens is 218 g/mol. The monoisotopic (exact) mass is 235 g/mol. The van der Waals surface area contributed by atoms with Crippen molar-refractivity contribution in [1.82, 2.24) is 9.88 Å². The first-order valence-corrected chi connectivity index (χ1v) is 5.87. The largest absolute Gasteiger partial charge is 0.352 e. The predicted molar refractivity (Wildman–Crippen MR) is 66.1 cm³/mol. The molecule has 0 spiro atoms. The van der Waals surface area contributed by atoms with Crippen LogP contribution in [0.2, 0.25) is 0 Å². The maximum absolute atomic E-state index is 11.6. The zero-order valence-electron chi connectivity index (χ0n) is 10.1. The Morgan fingerprint density at radius 3 is 2.88 bits per heavy atom. The van der Waals surface area contributed by atoms with Crippen LogP contribution in [0.25, 0.3) is 0 Å². The summed E-state index contributed by atoms with van der Waals surface area (Å²) < 4.78 is 1.84. The number of rotatable bonds is 3. The van der Waals surface area contributed by atoms with Crippen molar-refractivity contribution in [3.63, 3.8) is 0 Å². The molecular formula is C12H17N3O2. The van der Waals surface area contributed by atoms with Gasteiger partial charge in [-0.05, 0) is 19.3 Å². The SMILES string of the molecule is CCn1ccc(=O)c(NC(=O)NC2CC2C)c1. The Morgan fingerprint density at radius 2 is 2.29 bits per heavy atom. The van der Waals surface area contributed by atoms with Crippen LogP contribution >= 0.6 is 0 Å². The van der Waals surface area contributed by atoms with Gasteiger partial charge in [0.1, 0.15) is 5.69 Å². The Bertz CT molecular complexity index is 481. The molecule has 2 N–H and O–H groups in total. The molecule has 1 aromatic rings. The van der Waals surface area contributed by atoms with E-state index in [1.807, 2.05) is 11.5 Å². The van der Waals surface area contributed by atoms with Crippen LogP contribution < -0.4 is 16.1 Å². The number of hydrogen-bond donors (Lipinski definition) is 2. The van der Waals surface area contributed by atoms with E-state index < -0.39 is 0 Å². The Morgan fingerprint density at radius 1 is 1.59 bits per heavy atom. The van der Waals surface area contributed by atoms with Crippen molar-refractivity contribution < 1.29 is 4.79 Å². The second-order valence-electron chi connectivity index (χ2n) is 4.47. The van der Waals surface area contributed by atoms with Gasteiger partial charge in [0.2, 0.25) is 5.43 Å². The minimum Gasteiger partial charge on any atom is -0.352 e. The Kier molecular flexibility index (Phi) is 3.17. The third-order valence-electron chi connectivity index (χ3n) is 3.02. The Balaban J connectivity index is 2.02. The van der Waals surface area contributed by atoms with Crippen LogP contribution in [0.5, 0.6) is 0 Å². The first-order valence-electron chi connectivity index (χ1n) is 5.87. The number of aryl methyl sites for hydroxylation is 1. The number of pyridine rings is 1. The molecule has 2 amide bonds. The Hall–Kier alpha value is -1.78. The number of carbonyl (C=O) groups is 1. The molecule has 0 radical (unpaired) electrons. The molecule has 5 heteroatoms. The summed E-state index contributed by atoms with van der Waals surface area (Å²) >= 11 is 0. The minimum absolute atomic E-state index is 0.173. The number of aromatic nitrogens is 1. The van der Waals surface area contributed by atoms with Gasteiger partial charge in [-0.3, -0.25) is 4.79 Å². The lowest BCUT2D eigenvalue weighted by atomic mass is 10.4. The van der Waals surface area contributed by atoms with Crippen molar-refractivity contribution in [3.8, 4) is 0 Å². The molecule has 0 aromatic carbocycles. The van der Waals surface area contributed by atoms with Gasteiger partial charge in [0.15, 0.2) is 0 Å². The van der Waals surface area contributed by atoms with Crippen LogP contribution in [0.15, 0.2) is 23.3 Å². The summed E-state index contributed by atoms with van der Waals surface area (Å²) in [4.78, 5) is 23.1. The van der Waals surface area contributed by atoms with Crippen molar-refractivity contribution in [2.75, 3.05) is 5.32 Å². The van der Waals surface area contributed by atoms with Gasteiger partial charge in [-0.1, -0.05) is 6.92 Å². The van der Waals surface area contributed by atoms with Gasteiger partial charge >= 0.3 is 6.03 Å². The molecule has 1 fully saturated rings. The standard InChI is InChI=1S/C12H17N3O2/c1-3-15-5-4-11(16)10(7-15)14-12(17)13-9-6-8(9)2/h4-5,7-9H,3,6H2,1-2H3,(H2,13,14,17). The topological polar surface area (TPSA) is 63.1 Å². The van der Waals surface area contributed by atoms with Crippen molar-refractivity contribution in [3.05, 3.63) is 28.7 Å². The smallest absolute Gasteiger partial charge is 0.319 e. The summed E-state index contributed by atoms with van der Waals surface area (Å²) in [6.07, 6.45) is 4.37. The van der Waals surface area contributed by atoms with Gasteiger partial charge in [0.25, 0.3) is 0 Å². The number of nitrogens with zero attached hydrogens (tertiary/aromatic N) is 1. The van der Waals surface area contributed by atoms with Crippen molar-refractivity contribution in [2.45, 2.75) is 32.9 Å². The number of hydrogen-bond acceptors (Lipinski definition) is 2. The fourth-order valence-corrected chi connectivity index (χ4v) is 1.67. The summed E-state index contributed by atoms with van der Waals surface area (Å²) in [6.45, 7) is 4.81. The summed E-state index contributed by atoms with van der Waals surface area (Å²) in [5.74, 6) is 0.545. The van der Waals surface area contributed by atoms with Gasteiger partial charge in [0, 0.05) is 31.0 Å². The highest BCUT2D eigenvalue weighted by atomic mass is 16.2. The van der Waals surface area contributed by atoms with E-state index in [4.69, 9.17) is 0 Å². The third kappa shape index (κ3) is 2.87. The van der Waals surface area contributed by atoms with Crippen LogP contribution in [0, 0.1) is 5.92 Å². The number of anilines is 1. The molecule has 2 atom stereocenters. The number of nitrogens with one attached hydrogen (secondary N) is 2. The van der Waals surface area contributed by atoms with Gasteiger partial charge in [-0.15, -0.1) is 0 Å². The molecule has 1 saturated carbocycles. The lowest BCUT2D eigenvalue weighted by molar-refractivity contribution is 0.251. The van der Waals surface area contributed by atoms with E-state index in [9.17, 15) is 9.59 Å². The zero-order valence-corrected chi connectivity index (χ0v) is 10.1. The predicted octanol–water partition coefficient (Wildman–Crippen LogP) is 1.40. The molecule has 1 heterocycles. The first-order chi connectivity index (χ1) is 8.10. The van der Waals surface area contributed by atoms with Crippen LogP contribution in [0.3, 0.4) is 0 Å². The summed E-state index contributed by atoms with van der Waals surface area (Å²) in [5, 5.41) is 5.41. The summed E-state index contributed by atoms with van der Waals surface area (Å²) in [7, 11) is 0. The maximum Gasteiger partial charge on any atom is 0.319 e. The van der Waals surface area contributed by atoms with Gasteiger partial charge in [-0.2, -0.15) is 0 Å². The highest BCUT2D eigenvalue weighted by Gasteiger charge is 2.33. The quantitative estimate of drug-likeness (QED) is 0.831. The maximum atomic E-state index is 11.6. The van der Waals surface area contributed by atoms with Gasteiger partial charge < -0.3 is 15.2 Å². The van der Waals surface area contributed by atoms with Crippen LogP contribution in [0.4, 0.5) is 10.5 Å². The van der Waals surface area contributed by atoms with Crippen molar-refractivity contribution in [2.24, 2.45) is 5.92 Å². The molecule has 1 aromatic heterocycles. The molecule has 0 saturated heterocycles. The molecule has 2 rings (SSSR count). The van der Waals surface area contributed by atoms with E-state index >= 15 is 0 Å². The van der Waals surface area contributed by atoms with E-state index in [1.54, 1.807) is 12.4 Å². The number of carbonyl (C=O) groups excluding carboxylic acids is 1.